The molecule has 0 bridgehead atoms. The van der Waals surface area contributed by atoms with Gasteiger partial charge in [-0.15, -0.1) is 0 Å². The van der Waals surface area contributed by atoms with Crippen molar-refractivity contribution in [2.75, 3.05) is 6.54 Å². The van der Waals surface area contributed by atoms with Crippen molar-refractivity contribution in [3.05, 3.63) is 42.5 Å². The first-order valence-corrected chi connectivity index (χ1v) is 11.7. The number of unbranched alkanes of at least 4 members (excludes halogenated alkanes) is 15. The van der Waals surface area contributed by atoms with Crippen LogP contribution in [0.2, 0.25) is 0 Å². The second-order valence-corrected chi connectivity index (χ2v) is 7.71. The van der Waals surface area contributed by atoms with E-state index in [1.807, 2.05) is 36.4 Å². The highest BCUT2D eigenvalue weighted by molar-refractivity contribution is 5.45. The van der Waals surface area contributed by atoms with Crippen molar-refractivity contribution in [2.24, 2.45) is 5.73 Å². The first-order chi connectivity index (χ1) is 13.3. The van der Waals surface area contributed by atoms with Gasteiger partial charge < -0.3 is 5.73 Å². The Kier molecular flexibility index (Phi) is 22.0. The summed E-state index contributed by atoms with van der Waals surface area (Å²) in [6.45, 7) is 6.79. The SMILES string of the molecule is C=Cc1ccccc1.CCCCCCCCCCCCCCCCCCN. The van der Waals surface area contributed by atoms with Crippen molar-refractivity contribution in [1.82, 2.24) is 0 Å². The zero-order valence-corrected chi connectivity index (χ0v) is 18.3. The minimum atomic E-state index is 0.873. The van der Waals surface area contributed by atoms with Gasteiger partial charge in [0.2, 0.25) is 0 Å². The first kappa shape index (κ1) is 25.9. The topological polar surface area (TPSA) is 26.0 Å². The predicted octanol–water partition coefficient (Wildman–Crippen LogP) is 8.54. The van der Waals surface area contributed by atoms with Crippen LogP contribution in [0.3, 0.4) is 0 Å². The number of nitrogens with two attached hydrogens (primary N) is 1. The Bertz CT molecular complexity index is 368. The molecule has 2 N–H and O–H groups in total. The van der Waals surface area contributed by atoms with Gasteiger partial charge in [-0.2, -0.15) is 0 Å². The van der Waals surface area contributed by atoms with Crippen LogP contribution in [-0.4, -0.2) is 6.54 Å². The molecule has 0 fully saturated rings. The standard InChI is InChI=1S/C18H39N.C8H8/c1-2-3-4-5-6-7-8-9-10-11-12-13-14-15-16-17-18-19;1-2-8-6-4-3-5-7-8/h2-19H2,1H3;2-7H,1H2. The van der Waals surface area contributed by atoms with E-state index in [-0.39, 0.29) is 0 Å². The lowest BCUT2D eigenvalue weighted by atomic mass is 10.0. The third-order valence-electron chi connectivity index (χ3n) is 5.09. The molecule has 1 aromatic carbocycles. The van der Waals surface area contributed by atoms with Gasteiger partial charge in [0.25, 0.3) is 0 Å². The second kappa shape index (κ2) is 23.0. The maximum Gasteiger partial charge on any atom is -0.00773 e. The van der Waals surface area contributed by atoms with Crippen LogP contribution < -0.4 is 5.73 Å². The molecule has 1 nitrogen and oxygen atoms in total. The molecule has 0 heterocycles. The summed E-state index contributed by atoms with van der Waals surface area (Å²) in [5.74, 6) is 0. The third-order valence-corrected chi connectivity index (χ3v) is 5.09. The Hall–Kier alpha value is -1.08. The fraction of sp³-hybridized carbons (Fsp3) is 0.692. The lowest BCUT2D eigenvalue weighted by Gasteiger charge is -2.03. The van der Waals surface area contributed by atoms with Gasteiger partial charge in [0.15, 0.2) is 0 Å². The van der Waals surface area contributed by atoms with Crippen molar-refractivity contribution < 1.29 is 0 Å². The largest absolute Gasteiger partial charge is 0.330 e. The highest BCUT2D eigenvalue weighted by Crippen LogP contribution is 2.13. The van der Waals surface area contributed by atoms with Gasteiger partial charge in [0, 0.05) is 0 Å². The molecule has 27 heavy (non-hydrogen) atoms. The van der Waals surface area contributed by atoms with Crippen molar-refractivity contribution in [3.63, 3.8) is 0 Å². The molecular formula is C26H47N. The average molecular weight is 374 g/mol. The summed E-state index contributed by atoms with van der Waals surface area (Å²) in [4.78, 5) is 0. The molecule has 1 rings (SSSR count). The second-order valence-electron chi connectivity index (χ2n) is 7.71. The number of hydrogen-bond donors (Lipinski definition) is 1. The minimum Gasteiger partial charge on any atom is -0.330 e. The summed E-state index contributed by atoms with van der Waals surface area (Å²) in [6.07, 6.45) is 24.7. The van der Waals surface area contributed by atoms with Crippen LogP contribution in [0.4, 0.5) is 0 Å². The van der Waals surface area contributed by atoms with Crippen molar-refractivity contribution in [1.29, 1.82) is 0 Å². The summed E-state index contributed by atoms with van der Waals surface area (Å²) >= 11 is 0. The lowest BCUT2D eigenvalue weighted by molar-refractivity contribution is 0.530. The molecule has 0 spiro atoms. The molecule has 0 saturated carbocycles. The van der Waals surface area contributed by atoms with Crippen LogP contribution >= 0.6 is 0 Å². The number of hydrogen-bond acceptors (Lipinski definition) is 1. The molecular weight excluding hydrogens is 326 g/mol. The van der Waals surface area contributed by atoms with E-state index < -0.39 is 0 Å². The molecule has 0 radical (unpaired) electrons. The predicted molar refractivity (Wildman–Crippen MR) is 125 cm³/mol. The van der Waals surface area contributed by atoms with Crippen molar-refractivity contribution in [2.45, 2.75) is 110 Å². The van der Waals surface area contributed by atoms with Crippen LogP contribution in [0, 0.1) is 0 Å². The van der Waals surface area contributed by atoms with Crippen LogP contribution in [-0.2, 0) is 0 Å². The van der Waals surface area contributed by atoms with E-state index in [1.54, 1.807) is 0 Å². The van der Waals surface area contributed by atoms with E-state index in [0.29, 0.717) is 0 Å². The van der Waals surface area contributed by atoms with Gasteiger partial charge >= 0.3 is 0 Å². The number of rotatable bonds is 17. The van der Waals surface area contributed by atoms with Gasteiger partial charge in [-0.25, -0.2) is 0 Å². The first-order valence-electron chi connectivity index (χ1n) is 11.7. The van der Waals surface area contributed by atoms with E-state index in [9.17, 15) is 0 Å². The number of benzene rings is 1. The normalized spacial score (nSPS) is 10.3. The summed E-state index contributed by atoms with van der Waals surface area (Å²) in [6, 6.07) is 10.0. The quantitative estimate of drug-likeness (QED) is 0.272. The van der Waals surface area contributed by atoms with Gasteiger partial charge in [-0.05, 0) is 18.5 Å². The third kappa shape index (κ3) is 21.1. The molecule has 0 atom stereocenters. The lowest BCUT2D eigenvalue weighted by Crippen LogP contribution is -1.97. The molecule has 1 heteroatoms. The van der Waals surface area contributed by atoms with E-state index in [1.165, 1.54) is 108 Å². The molecule has 0 aromatic heterocycles. The van der Waals surface area contributed by atoms with Crippen LogP contribution in [0.1, 0.15) is 115 Å². The smallest absolute Gasteiger partial charge is 0.00773 e. The van der Waals surface area contributed by atoms with Gasteiger partial charge in [0.05, 0.1) is 0 Å². The molecule has 0 aliphatic carbocycles. The maximum atomic E-state index is 5.48. The van der Waals surface area contributed by atoms with Crippen LogP contribution in [0.25, 0.3) is 6.08 Å². The Labute approximate surface area is 170 Å². The van der Waals surface area contributed by atoms with Crippen LogP contribution in [0.5, 0.6) is 0 Å². The minimum absolute atomic E-state index is 0.873. The molecule has 156 valence electrons. The van der Waals surface area contributed by atoms with E-state index >= 15 is 0 Å². The summed E-state index contributed by atoms with van der Waals surface area (Å²) in [7, 11) is 0. The van der Waals surface area contributed by atoms with Gasteiger partial charge in [-0.3, -0.25) is 0 Å². The molecule has 0 saturated heterocycles. The molecule has 0 amide bonds. The monoisotopic (exact) mass is 373 g/mol. The van der Waals surface area contributed by atoms with Crippen molar-refractivity contribution >= 4 is 6.08 Å². The zero-order valence-electron chi connectivity index (χ0n) is 18.3. The fourth-order valence-corrected chi connectivity index (χ4v) is 3.28. The average Bonchev–Trinajstić information content (AvgIpc) is 2.72. The Balaban J connectivity index is 0.000000694. The summed E-state index contributed by atoms with van der Waals surface area (Å²) < 4.78 is 0. The van der Waals surface area contributed by atoms with E-state index in [0.717, 1.165) is 6.54 Å². The molecule has 0 unspecified atom stereocenters. The van der Waals surface area contributed by atoms with Gasteiger partial charge in [0.1, 0.15) is 0 Å². The molecule has 0 aliphatic rings. The van der Waals surface area contributed by atoms with Crippen LogP contribution in [0.15, 0.2) is 36.9 Å². The molecule has 1 aromatic rings. The van der Waals surface area contributed by atoms with E-state index in [4.69, 9.17) is 5.73 Å². The Morgan fingerprint density at radius 1 is 0.630 bits per heavy atom. The highest BCUT2D eigenvalue weighted by Gasteiger charge is 1.94. The highest BCUT2D eigenvalue weighted by atomic mass is 14.5. The Morgan fingerprint density at radius 2 is 1.00 bits per heavy atom. The Morgan fingerprint density at radius 3 is 1.30 bits per heavy atom. The maximum absolute atomic E-state index is 5.48. The zero-order chi connectivity index (χ0) is 19.8. The summed E-state index contributed by atoms with van der Waals surface area (Å²) in [5.41, 5.74) is 6.66. The van der Waals surface area contributed by atoms with E-state index in [2.05, 4.69) is 13.5 Å². The fourth-order valence-electron chi connectivity index (χ4n) is 3.28. The van der Waals surface area contributed by atoms with Gasteiger partial charge in [-0.1, -0.05) is 146 Å². The van der Waals surface area contributed by atoms with Crippen molar-refractivity contribution in [3.8, 4) is 0 Å². The summed E-state index contributed by atoms with van der Waals surface area (Å²) in [5, 5.41) is 0. The molecule has 0 aliphatic heterocycles.